The summed E-state index contributed by atoms with van der Waals surface area (Å²) in [5.41, 5.74) is 0.608. The van der Waals surface area contributed by atoms with Crippen molar-refractivity contribution in [2.45, 2.75) is 45.8 Å². The van der Waals surface area contributed by atoms with Gasteiger partial charge in [-0.05, 0) is 37.8 Å². The van der Waals surface area contributed by atoms with Crippen LogP contribution in [0, 0.1) is 5.92 Å². The molecule has 7 nitrogen and oxygen atoms in total. The maximum atomic E-state index is 12.5. The van der Waals surface area contributed by atoms with Gasteiger partial charge in [-0.3, -0.25) is 4.79 Å². The molecule has 1 aliphatic rings. The first kappa shape index (κ1) is 20.0. The summed E-state index contributed by atoms with van der Waals surface area (Å²) in [4.78, 5) is 24.2. The van der Waals surface area contributed by atoms with Crippen LogP contribution in [0.25, 0.3) is 0 Å². The number of amides is 2. The van der Waals surface area contributed by atoms with Gasteiger partial charge in [0.15, 0.2) is 0 Å². The topological polar surface area (TPSA) is 85.9 Å². The number of rotatable bonds is 8. The lowest BCUT2D eigenvalue weighted by atomic mass is 10.0. The van der Waals surface area contributed by atoms with E-state index in [0.717, 1.165) is 19.4 Å². The fraction of sp³-hybridized carbons (Fsp3) is 0.579. The molecule has 144 valence electrons. The van der Waals surface area contributed by atoms with E-state index in [1.54, 1.807) is 19.1 Å². The number of hydrogen-bond donors (Lipinski definition) is 2. The van der Waals surface area contributed by atoms with Crippen LogP contribution in [0.15, 0.2) is 24.3 Å². The summed E-state index contributed by atoms with van der Waals surface area (Å²) in [6, 6.07) is 6.49. The van der Waals surface area contributed by atoms with Gasteiger partial charge in [-0.25, -0.2) is 4.79 Å². The fourth-order valence-corrected chi connectivity index (χ4v) is 2.68. The van der Waals surface area contributed by atoms with Gasteiger partial charge >= 0.3 is 6.09 Å². The molecule has 2 amide bonds. The molecule has 1 fully saturated rings. The summed E-state index contributed by atoms with van der Waals surface area (Å²) in [6.45, 7) is 6.97. The van der Waals surface area contributed by atoms with E-state index in [1.807, 2.05) is 26.0 Å². The number of carbonyl (C=O) groups is 2. The van der Waals surface area contributed by atoms with Gasteiger partial charge in [0.25, 0.3) is 0 Å². The summed E-state index contributed by atoms with van der Waals surface area (Å²) in [6.07, 6.45) is 1.60. The molecule has 1 aromatic rings. The third kappa shape index (κ3) is 6.22. The molecule has 0 spiro atoms. The molecule has 1 aromatic carbocycles. The average Bonchev–Trinajstić information content (AvgIpc) is 3.11. The van der Waals surface area contributed by atoms with Gasteiger partial charge in [0.1, 0.15) is 18.4 Å². The first-order valence-electron chi connectivity index (χ1n) is 9.08. The normalized spacial score (nSPS) is 17.6. The van der Waals surface area contributed by atoms with Crippen molar-refractivity contribution in [3.8, 4) is 5.75 Å². The highest BCUT2D eigenvalue weighted by Gasteiger charge is 2.25. The Morgan fingerprint density at radius 3 is 2.81 bits per heavy atom. The molecule has 0 radical (unpaired) electrons. The maximum Gasteiger partial charge on any atom is 0.407 e. The minimum absolute atomic E-state index is 0.0849. The molecular weight excluding hydrogens is 336 g/mol. The lowest BCUT2D eigenvalue weighted by Gasteiger charge is -2.21. The van der Waals surface area contributed by atoms with Gasteiger partial charge in [0.2, 0.25) is 5.91 Å². The standard InChI is InChI=1S/C19H28N2O5/c1-4-24-19(23)21-17(13(2)3)18(22)20-14-7-5-8-15(11-14)26-12-16-9-6-10-25-16/h5,7-8,11,13,16-17H,4,6,9-10,12H2,1-3H3,(H,20,22)(H,21,23). The zero-order chi connectivity index (χ0) is 18.9. The number of carbonyl (C=O) groups excluding carboxylic acids is 2. The Labute approximate surface area is 154 Å². The summed E-state index contributed by atoms with van der Waals surface area (Å²) in [5, 5.41) is 5.41. The van der Waals surface area contributed by atoms with Crippen LogP contribution < -0.4 is 15.4 Å². The number of anilines is 1. The molecule has 2 N–H and O–H groups in total. The lowest BCUT2D eigenvalue weighted by molar-refractivity contribution is -0.119. The first-order chi connectivity index (χ1) is 12.5. The Balaban J connectivity index is 1.93. The van der Waals surface area contributed by atoms with Crippen molar-refractivity contribution in [2.75, 3.05) is 25.1 Å². The maximum absolute atomic E-state index is 12.5. The van der Waals surface area contributed by atoms with Crippen molar-refractivity contribution in [2.24, 2.45) is 5.92 Å². The summed E-state index contributed by atoms with van der Waals surface area (Å²) in [7, 11) is 0. The van der Waals surface area contributed by atoms with E-state index in [4.69, 9.17) is 14.2 Å². The molecule has 1 saturated heterocycles. The Bertz CT molecular complexity index is 599. The number of alkyl carbamates (subject to hydrolysis) is 1. The number of benzene rings is 1. The molecule has 0 aliphatic carbocycles. The highest BCUT2D eigenvalue weighted by Crippen LogP contribution is 2.20. The largest absolute Gasteiger partial charge is 0.491 e. The van der Waals surface area contributed by atoms with Crippen molar-refractivity contribution < 1.29 is 23.8 Å². The van der Waals surface area contributed by atoms with E-state index >= 15 is 0 Å². The number of ether oxygens (including phenoxy) is 3. The van der Waals surface area contributed by atoms with Crippen LogP contribution in [-0.2, 0) is 14.3 Å². The quantitative estimate of drug-likeness (QED) is 0.741. The smallest absolute Gasteiger partial charge is 0.407 e. The van der Waals surface area contributed by atoms with Crippen LogP contribution in [0.5, 0.6) is 5.75 Å². The second-order valence-electron chi connectivity index (χ2n) is 6.55. The summed E-state index contributed by atoms with van der Waals surface area (Å²) in [5.74, 6) is 0.278. The molecule has 1 aliphatic heterocycles. The summed E-state index contributed by atoms with van der Waals surface area (Å²) >= 11 is 0. The van der Waals surface area contributed by atoms with Crippen LogP contribution in [0.1, 0.15) is 33.6 Å². The average molecular weight is 364 g/mol. The number of nitrogens with one attached hydrogen (secondary N) is 2. The fourth-order valence-electron chi connectivity index (χ4n) is 2.68. The molecular formula is C19H28N2O5. The van der Waals surface area contributed by atoms with Crippen molar-refractivity contribution in [1.82, 2.24) is 5.32 Å². The van der Waals surface area contributed by atoms with Gasteiger partial charge in [-0.2, -0.15) is 0 Å². The van der Waals surface area contributed by atoms with Crippen LogP contribution >= 0.6 is 0 Å². The minimum Gasteiger partial charge on any atom is -0.491 e. The first-order valence-corrected chi connectivity index (χ1v) is 9.08. The monoisotopic (exact) mass is 364 g/mol. The minimum atomic E-state index is -0.689. The van der Waals surface area contributed by atoms with Crippen molar-refractivity contribution >= 4 is 17.7 Å². The third-order valence-electron chi connectivity index (χ3n) is 4.06. The van der Waals surface area contributed by atoms with Gasteiger partial charge in [0.05, 0.1) is 12.7 Å². The van der Waals surface area contributed by atoms with E-state index in [1.165, 1.54) is 0 Å². The molecule has 7 heteroatoms. The van der Waals surface area contributed by atoms with Gasteiger partial charge < -0.3 is 24.8 Å². The zero-order valence-corrected chi connectivity index (χ0v) is 15.6. The van der Waals surface area contributed by atoms with E-state index in [0.29, 0.717) is 18.0 Å². The highest BCUT2D eigenvalue weighted by atomic mass is 16.5. The molecule has 2 rings (SSSR count). The Hall–Kier alpha value is -2.28. The van der Waals surface area contributed by atoms with Crippen molar-refractivity contribution in [3.63, 3.8) is 0 Å². The molecule has 26 heavy (non-hydrogen) atoms. The van der Waals surface area contributed by atoms with E-state index < -0.39 is 12.1 Å². The van der Waals surface area contributed by atoms with Crippen molar-refractivity contribution in [3.05, 3.63) is 24.3 Å². The summed E-state index contributed by atoms with van der Waals surface area (Å²) < 4.78 is 16.1. The van der Waals surface area contributed by atoms with Crippen LogP contribution in [0.2, 0.25) is 0 Å². The molecule has 0 bridgehead atoms. The Morgan fingerprint density at radius 2 is 2.15 bits per heavy atom. The Kier molecular flexibility index (Phi) is 7.72. The van der Waals surface area contributed by atoms with Gasteiger partial charge in [-0.15, -0.1) is 0 Å². The van der Waals surface area contributed by atoms with Crippen molar-refractivity contribution in [1.29, 1.82) is 0 Å². The van der Waals surface area contributed by atoms with E-state index in [9.17, 15) is 9.59 Å². The van der Waals surface area contributed by atoms with Crippen LogP contribution in [0.4, 0.5) is 10.5 Å². The SMILES string of the molecule is CCOC(=O)NC(C(=O)Nc1cccc(OCC2CCCO2)c1)C(C)C. The predicted molar refractivity (Wildman–Crippen MR) is 98.3 cm³/mol. The second kappa shape index (κ2) is 10.0. The van der Waals surface area contributed by atoms with Crippen LogP contribution in [0.3, 0.4) is 0 Å². The second-order valence-corrected chi connectivity index (χ2v) is 6.55. The molecule has 1 heterocycles. The number of hydrogen-bond acceptors (Lipinski definition) is 5. The predicted octanol–water partition coefficient (Wildman–Crippen LogP) is 2.95. The Morgan fingerprint density at radius 1 is 1.35 bits per heavy atom. The molecule has 2 atom stereocenters. The van der Waals surface area contributed by atoms with Gasteiger partial charge in [0, 0.05) is 18.4 Å². The highest BCUT2D eigenvalue weighted by molar-refractivity contribution is 5.96. The molecule has 2 unspecified atom stereocenters. The lowest BCUT2D eigenvalue weighted by Crippen LogP contribution is -2.47. The molecule has 0 aromatic heterocycles. The van der Waals surface area contributed by atoms with Gasteiger partial charge in [-0.1, -0.05) is 19.9 Å². The third-order valence-corrected chi connectivity index (χ3v) is 4.06. The molecule has 0 saturated carbocycles. The van der Waals surface area contributed by atoms with E-state index in [2.05, 4.69) is 10.6 Å². The zero-order valence-electron chi connectivity index (χ0n) is 15.6. The van der Waals surface area contributed by atoms with Crippen LogP contribution in [-0.4, -0.2) is 44.0 Å². The van der Waals surface area contributed by atoms with E-state index in [-0.39, 0.29) is 24.5 Å².